The first-order valence-electron chi connectivity index (χ1n) is 5.80. The third-order valence-electron chi connectivity index (χ3n) is 3.07. The lowest BCUT2D eigenvalue weighted by Crippen LogP contribution is -2.06. The predicted molar refractivity (Wildman–Crippen MR) is 77.3 cm³/mol. The molecule has 2 rings (SSSR count). The average molecular weight is 268 g/mol. The van der Waals surface area contributed by atoms with E-state index in [4.69, 9.17) is 10.2 Å². The maximum atomic E-state index is 11.2. The van der Waals surface area contributed by atoms with Gasteiger partial charge >= 0.3 is 11.9 Å². The van der Waals surface area contributed by atoms with Crippen LogP contribution in [0, 0.1) is 0 Å². The second-order valence-electron chi connectivity index (χ2n) is 4.28. The number of carboxylic acids is 2. The number of carbonyl (C=O) groups is 2. The Morgan fingerprint density at radius 3 is 2.05 bits per heavy atom. The quantitative estimate of drug-likeness (QED) is 0.836. The molecule has 0 radical (unpaired) electrons. The van der Waals surface area contributed by atoms with Crippen LogP contribution in [0.1, 0.15) is 11.1 Å². The van der Waals surface area contributed by atoms with Gasteiger partial charge in [0.05, 0.1) is 11.1 Å². The Kier molecular flexibility index (Phi) is 3.39. The van der Waals surface area contributed by atoms with Crippen molar-refractivity contribution in [3.63, 3.8) is 0 Å². The van der Waals surface area contributed by atoms with Crippen LogP contribution < -0.4 is 0 Å². The van der Waals surface area contributed by atoms with Crippen LogP contribution in [0.4, 0.5) is 0 Å². The topological polar surface area (TPSA) is 74.6 Å². The fraction of sp³-hybridized carbons (Fsp3) is 0. The predicted octanol–water partition coefficient (Wildman–Crippen LogP) is 3.04. The molecule has 0 amide bonds. The molecule has 4 nitrogen and oxygen atoms in total. The lowest BCUT2D eigenvalue weighted by atomic mass is 9.90. The van der Waals surface area contributed by atoms with Crippen LogP contribution in [0.15, 0.2) is 49.6 Å². The van der Waals surface area contributed by atoms with E-state index in [1.807, 2.05) is 12.1 Å². The second-order valence-corrected chi connectivity index (χ2v) is 4.28. The van der Waals surface area contributed by atoms with Crippen LogP contribution in [0.2, 0.25) is 0 Å². The van der Waals surface area contributed by atoms with Gasteiger partial charge in [-0.2, -0.15) is 0 Å². The van der Waals surface area contributed by atoms with Crippen LogP contribution in [-0.4, -0.2) is 22.2 Å². The van der Waals surface area contributed by atoms with E-state index in [-0.39, 0.29) is 16.7 Å². The van der Waals surface area contributed by atoms with Crippen molar-refractivity contribution in [3.8, 4) is 0 Å². The van der Waals surface area contributed by atoms with E-state index < -0.39 is 11.9 Å². The summed E-state index contributed by atoms with van der Waals surface area (Å²) in [5.41, 5.74) is 0.249. The molecule has 0 saturated heterocycles. The summed E-state index contributed by atoms with van der Waals surface area (Å²) in [4.78, 5) is 22.3. The molecule has 0 spiro atoms. The molecule has 0 heterocycles. The van der Waals surface area contributed by atoms with Crippen molar-refractivity contribution in [2.45, 2.75) is 0 Å². The number of benzene rings is 2. The summed E-state index contributed by atoms with van der Waals surface area (Å²) in [5.74, 6) is -2.39. The van der Waals surface area contributed by atoms with Gasteiger partial charge in [0.25, 0.3) is 0 Å². The Hall–Kier alpha value is -2.88. The van der Waals surface area contributed by atoms with E-state index >= 15 is 0 Å². The SMILES string of the molecule is C=C(C(=O)O)c1ccc2ccccc2c1C(=C)C(=O)O. The minimum atomic E-state index is -1.19. The molecule has 0 atom stereocenters. The number of hydrogen-bond donors (Lipinski definition) is 2. The molecule has 20 heavy (non-hydrogen) atoms. The molecule has 100 valence electrons. The van der Waals surface area contributed by atoms with Gasteiger partial charge in [-0.3, -0.25) is 0 Å². The van der Waals surface area contributed by atoms with E-state index in [2.05, 4.69) is 13.2 Å². The van der Waals surface area contributed by atoms with Crippen LogP contribution in [0.25, 0.3) is 21.9 Å². The standard InChI is InChI=1S/C16H12O4/c1-9(15(17)18)12-8-7-11-5-3-4-6-13(11)14(12)10(2)16(19)20/h3-8H,1-2H2,(H,17,18)(H,19,20). The molecule has 2 aromatic carbocycles. The lowest BCUT2D eigenvalue weighted by molar-refractivity contribution is -0.131. The van der Waals surface area contributed by atoms with Crippen LogP contribution in [-0.2, 0) is 9.59 Å². The molecule has 0 aliphatic heterocycles. The maximum Gasteiger partial charge on any atom is 0.335 e. The van der Waals surface area contributed by atoms with Crippen LogP contribution in [0.3, 0.4) is 0 Å². The molecule has 4 heteroatoms. The first-order chi connectivity index (χ1) is 9.43. The normalized spacial score (nSPS) is 10.2. The van der Waals surface area contributed by atoms with Gasteiger partial charge in [-0.1, -0.05) is 49.6 Å². The van der Waals surface area contributed by atoms with Gasteiger partial charge in [0, 0.05) is 5.56 Å². The maximum absolute atomic E-state index is 11.2. The van der Waals surface area contributed by atoms with Crippen LogP contribution >= 0.6 is 0 Å². The smallest absolute Gasteiger partial charge is 0.335 e. The fourth-order valence-corrected chi connectivity index (χ4v) is 2.07. The Morgan fingerprint density at radius 2 is 1.45 bits per heavy atom. The molecule has 0 aromatic heterocycles. The zero-order valence-electron chi connectivity index (χ0n) is 10.6. The van der Waals surface area contributed by atoms with Crippen molar-refractivity contribution in [1.82, 2.24) is 0 Å². The Labute approximate surface area is 115 Å². The second kappa shape index (κ2) is 5.01. The zero-order chi connectivity index (χ0) is 14.9. The van der Waals surface area contributed by atoms with Gasteiger partial charge in [-0.15, -0.1) is 0 Å². The van der Waals surface area contributed by atoms with Crippen LogP contribution in [0.5, 0.6) is 0 Å². The summed E-state index contributed by atoms with van der Waals surface area (Å²) in [6.45, 7) is 7.04. The number of hydrogen-bond acceptors (Lipinski definition) is 2. The highest BCUT2D eigenvalue weighted by atomic mass is 16.4. The van der Waals surface area contributed by atoms with Gasteiger partial charge in [0.2, 0.25) is 0 Å². The molecule has 0 bridgehead atoms. The third kappa shape index (κ3) is 2.19. The molecule has 2 aromatic rings. The Balaban J connectivity index is 2.85. The monoisotopic (exact) mass is 268 g/mol. The Bertz CT molecular complexity index is 756. The van der Waals surface area contributed by atoms with Crippen molar-refractivity contribution in [2.24, 2.45) is 0 Å². The molecule has 0 unspecified atom stereocenters. The van der Waals surface area contributed by atoms with E-state index in [0.29, 0.717) is 10.9 Å². The number of fused-ring (bicyclic) bond motifs is 1. The van der Waals surface area contributed by atoms with Crippen molar-refractivity contribution >= 4 is 33.9 Å². The summed E-state index contributed by atoms with van der Waals surface area (Å²) in [5, 5.41) is 19.7. The molecule has 0 aliphatic rings. The van der Waals surface area contributed by atoms with Gasteiger partial charge in [0.15, 0.2) is 0 Å². The summed E-state index contributed by atoms with van der Waals surface area (Å²) in [7, 11) is 0. The zero-order valence-corrected chi connectivity index (χ0v) is 10.6. The minimum Gasteiger partial charge on any atom is -0.478 e. The number of aliphatic carboxylic acids is 2. The Morgan fingerprint density at radius 1 is 0.850 bits per heavy atom. The summed E-state index contributed by atoms with van der Waals surface area (Å²) in [6, 6.07) is 10.4. The number of carboxylic acid groups (broad SMARTS) is 2. The summed E-state index contributed by atoms with van der Waals surface area (Å²) < 4.78 is 0. The van der Waals surface area contributed by atoms with E-state index in [9.17, 15) is 9.59 Å². The van der Waals surface area contributed by atoms with Crippen molar-refractivity contribution < 1.29 is 19.8 Å². The molecular weight excluding hydrogens is 256 g/mol. The lowest BCUT2D eigenvalue weighted by Gasteiger charge is -2.13. The highest BCUT2D eigenvalue weighted by Gasteiger charge is 2.19. The van der Waals surface area contributed by atoms with Crippen molar-refractivity contribution in [3.05, 3.63) is 60.7 Å². The van der Waals surface area contributed by atoms with Gasteiger partial charge in [-0.05, 0) is 16.3 Å². The summed E-state index contributed by atoms with van der Waals surface area (Å²) >= 11 is 0. The largest absolute Gasteiger partial charge is 0.478 e. The van der Waals surface area contributed by atoms with Crippen molar-refractivity contribution in [2.75, 3.05) is 0 Å². The van der Waals surface area contributed by atoms with Gasteiger partial charge < -0.3 is 10.2 Å². The minimum absolute atomic E-state index is 0.154. The highest BCUT2D eigenvalue weighted by molar-refractivity contribution is 6.24. The fourth-order valence-electron chi connectivity index (χ4n) is 2.07. The first-order valence-corrected chi connectivity index (χ1v) is 5.80. The van der Waals surface area contributed by atoms with E-state index in [1.54, 1.807) is 24.3 Å². The van der Waals surface area contributed by atoms with Gasteiger partial charge in [-0.25, -0.2) is 9.59 Å². The molecular formula is C16H12O4. The van der Waals surface area contributed by atoms with Gasteiger partial charge in [0.1, 0.15) is 0 Å². The average Bonchev–Trinajstić information content (AvgIpc) is 2.44. The van der Waals surface area contributed by atoms with E-state index in [1.165, 1.54) is 0 Å². The highest BCUT2D eigenvalue weighted by Crippen LogP contribution is 2.31. The molecule has 0 aliphatic carbocycles. The first kappa shape index (κ1) is 13.5. The third-order valence-corrected chi connectivity index (χ3v) is 3.07. The molecule has 2 N–H and O–H groups in total. The molecule has 0 fully saturated rings. The van der Waals surface area contributed by atoms with Crippen molar-refractivity contribution in [1.29, 1.82) is 0 Å². The van der Waals surface area contributed by atoms with E-state index in [0.717, 1.165) is 5.39 Å². The number of rotatable bonds is 4. The summed E-state index contributed by atoms with van der Waals surface area (Å²) in [6.07, 6.45) is 0. The molecule has 0 saturated carbocycles.